The summed E-state index contributed by atoms with van der Waals surface area (Å²) in [6.07, 6.45) is 0. The number of esters is 1. The van der Waals surface area contributed by atoms with Gasteiger partial charge in [0.05, 0.1) is 7.11 Å². The van der Waals surface area contributed by atoms with Crippen molar-refractivity contribution in [3.8, 4) is 0 Å². The van der Waals surface area contributed by atoms with E-state index in [1.165, 1.54) is 6.07 Å². The number of rotatable bonds is 2. The summed E-state index contributed by atoms with van der Waals surface area (Å²) >= 11 is 0. The number of furan rings is 1. The van der Waals surface area contributed by atoms with E-state index in [1.54, 1.807) is 18.2 Å². The molecule has 0 aliphatic rings. The molecule has 15 heavy (non-hydrogen) atoms. The molecule has 0 atom stereocenters. The molecule has 0 fully saturated rings. The lowest BCUT2D eigenvalue weighted by Crippen LogP contribution is -2.14. The summed E-state index contributed by atoms with van der Waals surface area (Å²) in [5.74, 6) is -1.69. The summed E-state index contributed by atoms with van der Waals surface area (Å²) in [5, 5.41) is 0.782. The Morgan fingerprint density at radius 1 is 1.27 bits per heavy atom. The highest BCUT2D eigenvalue weighted by atomic mass is 16.5. The van der Waals surface area contributed by atoms with Crippen LogP contribution in [-0.2, 0) is 9.53 Å². The first-order chi connectivity index (χ1) is 7.22. The molecule has 1 aromatic heterocycles. The minimum atomic E-state index is -0.922. The molecule has 76 valence electrons. The Morgan fingerprint density at radius 3 is 2.67 bits per heavy atom. The van der Waals surface area contributed by atoms with E-state index in [2.05, 4.69) is 4.74 Å². The van der Waals surface area contributed by atoms with Crippen LogP contribution < -0.4 is 0 Å². The minimum absolute atomic E-state index is 0.00282. The molecule has 1 heterocycles. The summed E-state index contributed by atoms with van der Waals surface area (Å²) in [5.41, 5.74) is 0.574. The summed E-state index contributed by atoms with van der Waals surface area (Å²) in [4.78, 5) is 22.3. The summed E-state index contributed by atoms with van der Waals surface area (Å²) < 4.78 is 9.52. The lowest BCUT2D eigenvalue weighted by molar-refractivity contribution is -0.135. The molecule has 0 aliphatic heterocycles. The predicted octanol–water partition coefficient (Wildman–Crippen LogP) is 1.79. The second kappa shape index (κ2) is 3.57. The largest absolute Gasteiger partial charge is 0.463 e. The number of methoxy groups -OCH3 is 1. The molecular weight excluding hydrogens is 196 g/mol. The van der Waals surface area contributed by atoms with Crippen molar-refractivity contribution in [2.45, 2.75) is 0 Å². The van der Waals surface area contributed by atoms with Crippen molar-refractivity contribution in [2.75, 3.05) is 7.11 Å². The van der Waals surface area contributed by atoms with Gasteiger partial charge in [-0.15, -0.1) is 0 Å². The van der Waals surface area contributed by atoms with Crippen LogP contribution in [0.3, 0.4) is 0 Å². The average Bonchev–Trinajstić information content (AvgIpc) is 2.70. The first-order valence-electron chi connectivity index (χ1n) is 4.33. The van der Waals surface area contributed by atoms with Crippen LogP contribution in [0.2, 0.25) is 0 Å². The fourth-order valence-corrected chi connectivity index (χ4v) is 1.29. The number of Topliss-reactive ketones (excluding diaryl/α,β-unsaturated/α-hetero) is 1. The van der Waals surface area contributed by atoms with Gasteiger partial charge in [0.2, 0.25) is 0 Å². The van der Waals surface area contributed by atoms with Crippen molar-refractivity contribution in [2.24, 2.45) is 0 Å². The fourth-order valence-electron chi connectivity index (χ4n) is 1.29. The number of fused-ring (bicyclic) bond motifs is 1. The molecule has 0 amide bonds. The predicted molar refractivity (Wildman–Crippen MR) is 52.6 cm³/mol. The van der Waals surface area contributed by atoms with Gasteiger partial charge in [-0.3, -0.25) is 4.79 Å². The molecule has 1 aromatic carbocycles. The van der Waals surface area contributed by atoms with Crippen LogP contribution in [0.25, 0.3) is 11.0 Å². The summed E-state index contributed by atoms with van der Waals surface area (Å²) in [6, 6.07) is 8.66. The van der Waals surface area contributed by atoms with Crippen molar-refractivity contribution >= 4 is 22.7 Å². The Balaban J connectivity index is 2.45. The maximum absolute atomic E-state index is 11.4. The van der Waals surface area contributed by atoms with Crippen LogP contribution in [0.5, 0.6) is 0 Å². The summed E-state index contributed by atoms with van der Waals surface area (Å²) in [7, 11) is 1.16. The monoisotopic (exact) mass is 204 g/mol. The Labute approximate surface area is 85.4 Å². The van der Waals surface area contributed by atoms with E-state index in [-0.39, 0.29) is 5.76 Å². The number of carbonyl (C=O) groups is 2. The van der Waals surface area contributed by atoms with E-state index < -0.39 is 11.8 Å². The third kappa shape index (κ3) is 1.61. The van der Waals surface area contributed by atoms with E-state index in [0.29, 0.717) is 5.58 Å². The van der Waals surface area contributed by atoms with Crippen molar-refractivity contribution in [3.63, 3.8) is 0 Å². The summed E-state index contributed by atoms with van der Waals surface area (Å²) in [6.45, 7) is 0. The van der Waals surface area contributed by atoms with Gasteiger partial charge in [0, 0.05) is 5.39 Å². The Hall–Kier alpha value is -2.10. The number of hydrogen-bond donors (Lipinski definition) is 0. The third-order valence-corrected chi connectivity index (χ3v) is 2.02. The molecule has 0 unspecified atom stereocenters. The molecule has 4 heteroatoms. The maximum Gasteiger partial charge on any atom is 0.382 e. The molecule has 0 radical (unpaired) electrons. The van der Waals surface area contributed by atoms with Gasteiger partial charge in [-0.25, -0.2) is 4.79 Å². The fraction of sp³-hybridized carbons (Fsp3) is 0.0909. The lowest BCUT2D eigenvalue weighted by Gasteiger charge is -1.92. The molecular formula is C11H8O4. The Kier molecular flexibility index (Phi) is 2.25. The van der Waals surface area contributed by atoms with E-state index in [0.717, 1.165) is 12.5 Å². The average molecular weight is 204 g/mol. The van der Waals surface area contributed by atoms with Crippen molar-refractivity contribution in [3.05, 3.63) is 36.1 Å². The van der Waals surface area contributed by atoms with Crippen molar-refractivity contribution in [1.82, 2.24) is 0 Å². The first-order valence-corrected chi connectivity index (χ1v) is 4.33. The third-order valence-electron chi connectivity index (χ3n) is 2.02. The van der Waals surface area contributed by atoms with Crippen LogP contribution in [0.4, 0.5) is 0 Å². The number of hydrogen-bond acceptors (Lipinski definition) is 4. The minimum Gasteiger partial charge on any atom is -0.463 e. The van der Waals surface area contributed by atoms with Crippen LogP contribution in [0.1, 0.15) is 10.6 Å². The van der Waals surface area contributed by atoms with E-state index >= 15 is 0 Å². The van der Waals surface area contributed by atoms with Gasteiger partial charge in [0.15, 0.2) is 5.76 Å². The van der Waals surface area contributed by atoms with Gasteiger partial charge in [0.1, 0.15) is 5.58 Å². The van der Waals surface area contributed by atoms with E-state index in [4.69, 9.17) is 4.42 Å². The van der Waals surface area contributed by atoms with E-state index in [9.17, 15) is 9.59 Å². The van der Waals surface area contributed by atoms with Crippen LogP contribution in [0.15, 0.2) is 34.7 Å². The Morgan fingerprint density at radius 2 is 2.00 bits per heavy atom. The molecule has 0 spiro atoms. The van der Waals surface area contributed by atoms with Gasteiger partial charge in [0.25, 0.3) is 0 Å². The van der Waals surface area contributed by atoms with Gasteiger partial charge < -0.3 is 9.15 Å². The highest BCUT2D eigenvalue weighted by molar-refractivity contribution is 6.40. The number of ether oxygens (including phenoxy) is 1. The van der Waals surface area contributed by atoms with Crippen LogP contribution in [0, 0.1) is 0 Å². The zero-order valence-corrected chi connectivity index (χ0v) is 8.02. The smallest absolute Gasteiger partial charge is 0.382 e. The molecule has 0 saturated heterocycles. The second-order valence-electron chi connectivity index (χ2n) is 2.97. The second-order valence-corrected chi connectivity index (χ2v) is 2.97. The molecule has 0 saturated carbocycles. The highest BCUT2D eigenvalue weighted by Gasteiger charge is 2.20. The quantitative estimate of drug-likeness (QED) is 0.425. The van der Waals surface area contributed by atoms with Crippen LogP contribution in [-0.4, -0.2) is 18.9 Å². The molecule has 4 nitrogen and oxygen atoms in total. The topological polar surface area (TPSA) is 56.5 Å². The molecule has 0 aliphatic carbocycles. The zero-order valence-electron chi connectivity index (χ0n) is 8.02. The van der Waals surface area contributed by atoms with E-state index in [1.807, 2.05) is 6.07 Å². The molecule has 0 bridgehead atoms. The van der Waals surface area contributed by atoms with Gasteiger partial charge in [-0.2, -0.15) is 0 Å². The van der Waals surface area contributed by atoms with Crippen molar-refractivity contribution < 1.29 is 18.7 Å². The van der Waals surface area contributed by atoms with Crippen LogP contribution >= 0.6 is 0 Å². The number of benzene rings is 1. The SMILES string of the molecule is COC(=O)C(=O)c1cc2ccccc2o1. The van der Waals surface area contributed by atoms with Crippen molar-refractivity contribution in [1.29, 1.82) is 0 Å². The first kappa shape index (κ1) is 9.45. The number of carbonyl (C=O) groups excluding carboxylic acids is 2. The normalized spacial score (nSPS) is 10.2. The van der Waals surface area contributed by atoms with Gasteiger partial charge >= 0.3 is 11.8 Å². The lowest BCUT2D eigenvalue weighted by atomic mass is 10.2. The molecule has 0 N–H and O–H groups in total. The zero-order chi connectivity index (χ0) is 10.8. The number of ketones is 1. The Bertz CT molecular complexity index is 491. The number of para-hydroxylation sites is 1. The standard InChI is InChI=1S/C11H8O4/c1-14-11(13)10(12)9-6-7-4-2-3-5-8(7)15-9/h2-6H,1H3. The van der Waals surface area contributed by atoms with Gasteiger partial charge in [-0.1, -0.05) is 18.2 Å². The molecule has 2 rings (SSSR count). The highest BCUT2D eigenvalue weighted by Crippen LogP contribution is 2.19. The van der Waals surface area contributed by atoms with Gasteiger partial charge in [-0.05, 0) is 12.1 Å². The maximum atomic E-state index is 11.4. The molecule has 2 aromatic rings.